The molecule has 7 atom stereocenters. The summed E-state index contributed by atoms with van der Waals surface area (Å²) in [5, 5.41) is 6.13. The highest BCUT2D eigenvalue weighted by molar-refractivity contribution is 5.78. The van der Waals surface area contributed by atoms with E-state index in [1.165, 1.54) is 0 Å². The molecule has 38 heavy (non-hydrogen) atoms. The van der Waals surface area contributed by atoms with Gasteiger partial charge in [0.15, 0.2) is 0 Å². The van der Waals surface area contributed by atoms with Crippen molar-refractivity contribution in [1.29, 1.82) is 0 Å². The molecular formula is C30H50N4O4. The summed E-state index contributed by atoms with van der Waals surface area (Å²) in [6.07, 6.45) is 4.35. The Morgan fingerprint density at radius 1 is 1.11 bits per heavy atom. The van der Waals surface area contributed by atoms with Gasteiger partial charge in [-0.15, -0.1) is 4.91 Å². The number of benzene rings is 1. The van der Waals surface area contributed by atoms with Crippen molar-refractivity contribution in [3.05, 3.63) is 34.7 Å². The number of hydrogen-bond donors (Lipinski definition) is 1. The van der Waals surface area contributed by atoms with Crippen molar-refractivity contribution in [2.45, 2.75) is 103 Å². The Morgan fingerprint density at radius 2 is 1.76 bits per heavy atom. The number of hydrogen-bond acceptors (Lipinski definition) is 6. The van der Waals surface area contributed by atoms with Gasteiger partial charge in [0.25, 0.3) is 0 Å². The van der Waals surface area contributed by atoms with Crippen LogP contribution in [0.4, 0.5) is 5.69 Å². The standard InChI is InChI=1S/C30H50N4O4/c1-9-20(3)30(33(6)7)27(38-8)19-29(36)34-17-11-12-26(34)23(10-2)18-28(35)31-22(5)21(4)24-13-15-25(32-37)16-14-24/h13-16,20-23,26-27,30H,9-12,17-19H2,1-8H3,(H,31,35)/t20?,21?,22-,23?,26?,27?,30?/m1/s1. The molecule has 1 saturated heterocycles. The molecule has 0 bridgehead atoms. The van der Waals surface area contributed by atoms with Crippen molar-refractivity contribution in [2.24, 2.45) is 17.0 Å². The molecule has 6 unspecified atom stereocenters. The van der Waals surface area contributed by atoms with E-state index in [1.807, 2.05) is 24.0 Å². The first-order valence-electron chi connectivity index (χ1n) is 14.3. The molecule has 1 fully saturated rings. The maximum absolute atomic E-state index is 13.5. The third-order valence-corrected chi connectivity index (χ3v) is 8.68. The minimum atomic E-state index is -0.171. The number of nitrogens with zero attached hydrogens (tertiary/aromatic N) is 3. The van der Waals surface area contributed by atoms with E-state index in [4.69, 9.17) is 4.74 Å². The van der Waals surface area contributed by atoms with Crippen LogP contribution in [0.5, 0.6) is 0 Å². The zero-order chi connectivity index (χ0) is 28.4. The first-order chi connectivity index (χ1) is 18.1. The average Bonchev–Trinajstić information content (AvgIpc) is 3.40. The van der Waals surface area contributed by atoms with Crippen LogP contribution in [0.25, 0.3) is 0 Å². The highest BCUT2D eigenvalue weighted by Gasteiger charge is 2.38. The number of carbonyl (C=O) groups excluding carboxylic acids is 2. The molecule has 0 aliphatic carbocycles. The summed E-state index contributed by atoms with van der Waals surface area (Å²) in [4.78, 5) is 41.5. The zero-order valence-corrected chi connectivity index (χ0v) is 24.8. The topological polar surface area (TPSA) is 91.3 Å². The lowest BCUT2D eigenvalue weighted by Gasteiger charge is -2.37. The Morgan fingerprint density at radius 3 is 2.29 bits per heavy atom. The van der Waals surface area contributed by atoms with Gasteiger partial charge >= 0.3 is 0 Å². The Bertz CT molecular complexity index is 891. The van der Waals surface area contributed by atoms with Crippen LogP contribution in [0, 0.1) is 16.7 Å². The number of likely N-dealkylation sites (N-methyl/N-ethyl adjacent to an activating group) is 1. The van der Waals surface area contributed by atoms with E-state index in [-0.39, 0.29) is 47.9 Å². The van der Waals surface area contributed by atoms with Crippen LogP contribution in [0.15, 0.2) is 29.4 Å². The van der Waals surface area contributed by atoms with Crippen LogP contribution in [-0.4, -0.2) is 73.6 Å². The highest BCUT2D eigenvalue weighted by atomic mass is 16.5. The minimum Gasteiger partial charge on any atom is -0.379 e. The highest BCUT2D eigenvalue weighted by Crippen LogP contribution is 2.31. The van der Waals surface area contributed by atoms with Gasteiger partial charge in [0.2, 0.25) is 11.8 Å². The monoisotopic (exact) mass is 530 g/mol. The summed E-state index contributed by atoms with van der Waals surface area (Å²) < 4.78 is 5.86. The van der Waals surface area contributed by atoms with E-state index in [1.54, 1.807) is 19.2 Å². The molecule has 1 N–H and O–H groups in total. The lowest BCUT2D eigenvalue weighted by molar-refractivity contribution is -0.138. The molecule has 1 aliphatic rings. The molecule has 214 valence electrons. The van der Waals surface area contributed by atoms with Crippen molar-refractivity contribution in [3.8, 4) is 0 Å². The van der Waals surface area contributed by atoms with Gasteiger partial charge in [-0.1, -0.05) is 52.7 Å². The molecular weight excluding hydrogens is 480 g/mol. The number of nitrogens with one attached hydrogen (secondary N) is 1. The first kappa shape index (κ1) is 31.9. The van der Waals surface area contributed by atoms with Gasteiger partial charge in [-0.3, -0.25) is 9.59 Å². The van der Waals surface area contributed by atoms with Crippen molar-refractivity contribution in [2.75, 3.05) is 27.7 Å². The Kier molecular flexibility index (Phi) is 12.9. The SMILES string of the molecule is CCC(C)C(C(CC(=O)N1CCCC1C(CC)CC(=O)N[C@H](C)C(C)c1ccc(N=O)cc1)OC)N(C)C. The predicted molar refractivity (Wildman–Crippen MR) is 153 cm³/mol. The van der Waals surface area contributed by atoms with Gasteiger partial charge in [0.1, 0.15) is 5.69 Å². The number of rotatable bonds is 15. The molecule has 0 radical (unpaired) electrons. The molecule has 1 aromatic rings. The van der Waals surface area contributed by atoms with Gasteiger partial charge in [-0.2, -0.15) is 0 Å². The number of nitroso groups, excluding NO2 is 1. The third-order valence-electron chi connectivity index (χ3n) is 8.68. The minimum absolute atomic E-state index is 0.0147. The van der Waals surface area contributed by atoms with Crippen molar-refractivity contribution >= 4 is 17.5 Å². The van der Waals surface area contributed by atoms with Crippen LogP contribution in [-0.2, 0) is 14.3 Å². The summed E-state index contributed by atoms with van der Waals surface area (Å²) in [6, 6.07) is 7.34. The van der Waals surface area contributed by atoms with Crippen molar-refractivity contribution in [1.82, 2.24) is 15.1 Å². The zero-order valence-electron chi connectivity index (χ0n) is 24.8. The molecule has 1 aliphatic heterocycles. The van der Waals surface area contributed by atoms with Crippen molar-refractivity contribution < 1.29 is 14.3 Å². The van der Waals surface area contributed by atoms with E-state index < -0.39 is 0 Å². The summed E-state index contributed by atoms with van der Waals surface area (Å²) in [5.41, 5.74) is 1.44. The maximum Gasteiger partial charge on any atom is 0.225 e. The smallest absolute Gasteiger partial charge is 0.225 e. The number of ether oxygens (including phenoxy) is 1. The van der Waals surface area contributed by atoms with E-state index in [9.17, 15) is 14.5 Å². The van der Waals surface area contributed by atoms with E-state index >= 15 is 0 Å². The number of amides is 2. The molecule has 2 amide bonds. The maximum atomic E-state index is 13.5. The van der Waals surface area contributed by atoms with Crippen LogP contribution >= 0.6 is 0 Å². The molecule has 0 spiro atoms. The molecule has 1 aromatic carbocycles. The predicted octanol–water partition coefficient (Wildman–Crippen LogP) is 5.48. The van der Waals surface area contributed by atoms with Gasteiger partial charge in [-0.25, -0.2) is 0 Å². The van der Waals surface area contributed by atoms with Crippen LogP contribution in [0.2, 0.25) is 0 Å². The van der Waals surface area contributed by atoms with Gasteiger partial charge in [0, 0.05) is 44.1 Å². The molecule has 1 heterocycles. The van der Waals surface area contributed by atoms with Crippen LogP contribution < -0.4 is 5.32 Å². The lowest BCUT2D eigenvalue weighted by atomic mass is 9.89. The second-order valence-corrected chi connectivity index (χ2v) is 11.3. The van der Waals surface area contributed by atoms with Gasteiger partial charge < -0.3 is 19.9 Å². The molecule has 0 saturated carbocycles. The molecule has 0 aromatic heterocycles. The molecule has 8 nitrogen and oxygen atoms in total. The second kappa shape index (κ2) is 15.3. The fourth-order valence-corrected chi connectivity index (χ4v) is 6.03. The number of likely N-dealkylation sites (tertiary alicyclic amines) is 1. The van der Waals surface area contributed by atoms with Crippen molar-refractivity contribution in [3.63, 3.8) is 0 Å². The van der Waals surface area contributed by atoms with Crippen LogP contribution in [0.1, 0.15) is 84.6 Å². The summed E-state index contributed by atoms with van der Waals surface area (Å²) in [5.74, 6) is 0.755. The van der Waals surface area contributed by atoms with E-state index in [2.05, 4.69) is 57.2 Å². The Hall–Kier alpha value is -2.32. The van der Waals surface area contributed by atoms with Gasteiger partial charge in [-0.05, 0) is 68.6 Å². The molecule has 2 rings (SSSR count). The van der Waals surface area contributed by atoms with E-state index in [0.29, 0.717) is 24.4 Å². The van der Waals surface area contributed by atoms with Crippen LogP contribution in [0.3, 0.4) is 0 Å². The fourth-order valence-electron chi connectivity index (χ4n) is 6.03. The first-order valence-corrected chi connectivity index (χ1v) is 14.3. The number of methoxy groups -OCH3 is 1. The lowest BCUT2D eigenvalue weighted by Crippen LogP contribution is -2.49. The number of carbonyl (C=O) groups is 2. The largest absolute Gasteiger partial charge is 0.379 e. The normalized spacial score (nSPS) is 20.4. The summed E-state index contributed by atoms with van der Waals surface area (Å²) in [7, 11) is 5.81. The van der Waals surface area contributed by atoms with E-state index in [0.717, 1.165) is 37.8 Å². The fraction of sp³-hybridized carbons (Fsp3) is 0.733. The summed E-state index contributed by atoms with van der Waals surface area (Å²) >= 11 is 0. The quantitative estimate of drug-likeness (QED) is 0.303. The van der Waals surface area contributed by atoms with Gasteiger partial charge in [0.05, 0.1) is 12.5 Å². The Labute approximate surface area is 229 Å². The summed E-state index contributed by atoms with van der Waals surface area (Å²) in [6.45, 7) is 11.3. The molecule has 8 heteroatoms. The third kappa shape index (κ3) is 8.34. The average molecular weight is 531 g/mol. The Balaban J connectivity index is 2.02. The second-order valence-electron chi connectivity index (χ2n) is 11.3.